The number of hydrogen-bond acceptors (Lipinski definition) is 5. The van der Waals surface area contributed by atoms with Gasteiger partial charge in [0.15, 0.2) is 0 Å². The van der Waals surface area contributed by atoms with Crippen LogP contribution in [0.25, 0.3) is 0 Å². The lowest BCUT2D eigenvalue weighted by atomic mass is 10.1. The highest BCUT2D eigenvalue weighted by molar-refractivity contribution is 7.11. The second-order valence-electron chi connectivity index (χ2n) is 4.61. The number of hydrogen-bond donors (Lipinski definition) is 0. The lowest BCUT2D eigenvalue weighted by Crippen LogP contribution is -2.31. The molecule has 0 fully saturated rings. The molecular weight excluding hydrogens is 286 g/mol. The van der Waals surface area contributed by atoms with E-state index in [4.69, 9.17) is 5.26 Å². The zero-order valence-corrected chi connectivity index (χ0v) is 11.9. The van der Waals surface area contributed by atoms with Gasteiger partial charge in [-0.3, -0.25) is 14.5 Å². The molecule has 3 rings (SSSR count). The van der Waals surface area contributed by atoms with Crippen LogP contribution >= 0.6 is 11.3 Å². The summed E-state index contributed by atoms with van der Waals surface area (Å²) in [6.07, 6.45) is 2.56. The maximum atomic E-state index is 12.2. The smallest absolute Gasteiger partial charge is 0.261 e. The summed E-state index contributed by atoms with van der Waals surface area (Å²) in [5.74, 6) is -0.477. The Labute approximate surface area is 125 Å². The van der Waals surface area contributed by atoms with Gasteiger partial charge >= 0.3 is 0 Å². The van der Waals surface area contributed by atoms with E-state index in [-0.39, 0.29) is 18.2 Å². The fraction of sp³-hybridized carbons (Fsp3) is 0.200. The van der Waals surface area contributed by atoms with Gasteiger partial charge in [0, 0.05) is 24.0 Å². The summed E-state index contributed by atoms with van der Waals surface area (Å²) in [5.41, 5.74) is 0.939. The Morgan fingerprint density at radius 3 is 2.48 bits per heavy atom. The lowest BCUT2D eigenvalue weighted by Gasteiger charge is -2.12. The standard InChI is InChI=1S/C15H11N3O2S/c16-7-5-13-17-9-10(21-13)6-8-18-14(19)11-3-1-2-4-12(11)15(18)20/h1-4,9H,5-6,8H2. The molecule has 1 aromatic carbocycles. The number of rotatable bonds is 4. The highest BCUT2D eigenvalue weighted by atomic mass is 32.1. The van der Waals surface area contributed by atoms with Gasteiger partial charge in [0.2, 0.25) is 0 Å². The third kappa shape index (κ3) is 2.43. The van der Waals surface area contributed by atoms with E-state index >= 15 is 0 Å². The second kappa shape index (κ2) is 5.46. The number of fused-ring (bicyclic) bond motifs is 1. The summed E-state index contributed by atoms with van der Waals surface area (Å²) < 4.78 is 0. The molecule has 1 aliphatic heterocycles. The van der Waals surface area contributed by atoms with Gasteiger partial charge in [-0.2, -0.15) is 5.26 Å². The first-order valence-corrected chi connectivity index (χ1v) is 7.28. The van der Waals surface area contributed by atoms with Gasteiger partial charge in [-0.1, -0.05) is 12.1 Å². The van der Waals surface area contributed by atoms with Crippen LogP contribution in [0.4, 0.5) is 0 Å². The molecule has 0 N–H and O–H groups in total. The highest BCUT2D eigenvalue weighted by Gasteiger charge is 2.34. The SMILES string of the molecule is N#CCc1ncc(CCN2C(=O)c3ccccc3C2=O)s1. The van der Waals surface area contributed by atoms with Crippen molar-refractivity contribution < 1.29 is 9.59 Å². The normalized spacial score (nSPS) is 13.4. The second-order valence-corrected chi connectivity index (χ2v) is 5.81. The van der Waals surface area contributed by atoms with Crippen LogP contribution in [0.15, 0.2) is 30.5 Å². The Morgan fingerprint density at radius 1 is 1.19 bits per heavy atom. The van der Waals surface area contributed by atoms with Crippen LogP contribution in [0.1, 0.15) is 30.6 Å². The van der Waals surface area contributed by atoms with Gasteiger partial charge in [-0.15, -0.1) is 11.3 Å². The number of thiazole rings is 1. The molecule has 0 saturated heterocycles. The van der Waals surface area contributed by atoms with E-state index in [0.29, 0.717) is 24.1 Å². The van der Waals surface area contributed by atoms with E-state index in [1.165, 1.54) is 16.2 Å². The number of imide groups is 1. The van der Waals surface area contributed by atoms with Crippen molar-refractivity contribution in [1.82, 2.24) is 9.88 Å². The van der Waals surface area contributed by atoms with Crippen molar-refractivity contribution in [2.75, 3.05) is 6.54 Å². The maximum Gasteiger partial charge on any atom is 0.261 e. The third-order valence-corrected chi connectivity index (χ3v) is 4.35. The Balaban J connectivity index is 1.71. The van der Waals surface area contributed by atoms with Crippen LogP contribution in [0.3, 0.4) is 0 Å². The molecule has 0 spiro atoms. The first-order valence-electron chi connectivity index (χ1n) is 6.46. The number of nitrogens with zero attached hydrogens (tertiary/aromatic N) is 3. The summed E-state index contributed by atoms with van der Waals surface area (Å²) in [5, 5.41) is 9.38. The molecule has 2 amide bonds. The first kappa shape index (κ1) is 13.5. The molecule has 0 unspecified atom stereocenters. The molecule has 0 bridgehead atoms. The molecule has 0 atom stereocenters. The van der Waals surface area contributed by atoms with Gasteiger partial charge in [0.05, 0.1) is 23.6 Å². The van der Waals surface area contributed by atoms with Crippen molar-refractivity contribution in [3.8, 4) is 6.07 Å². The van der Waals surface area contributed by atoms with Crippen molar-refractivity contribution in [3.05, 3.63) is 51.5 Å². The fourth-order valence-corrected chi connectivity index (χ4v) is 3.12. The molecule has 1 aliphatic rings. The number of carbonyl (C=O) groups excluding carboxylic acids is 2. The van der Waals surface area contributed by atoms with E-state index in [1.807, 2.05) is 6.07 Å². The van der Waals surface area contributed by atoms with E-state index in [1.54, 1.807) is 30.5 Å². The summed E-state index contributed by atoms with van der Waals surface area (Å²) in [4.78, 5) is 30.7. The predicted molar refractivity (Wildman–Crippen MR) is 76.9 cm³/mol. The summed E-state index contributed by atoms with van der Waals surface area (Å²) >= 11 is 1.44. The molecule has 1 aromatic heterocycles. The molecule has 2 aromatic rings. The molecule has 21 heavy (non-hydrogen) atoms. The number of aromatic nitrogens is 1. The van der Waals surface area contributed by atoms with E-state index < -0.39 is 0 Å². The molecule has 0 saturated carbocycles. The van der Waals surface area contributed by atoms with E-state index in [2.05, 4.69) is 4.98 Å². The van der Waals surface area contributed by atoms with Gasteiger partial charge in [-0.05, 0) is 12.1 Å². The van der Waals surface area contributed by atoms with Crippen LogP contribution in [0.2, 0.25) is 0 Å². The fourth-order valence-electron chi connectivity index (χ4n) is 2.28. The van der Waals surface area contributed by atoms with E-state index in [0.717, 1.165) is 9.88 Å². The van der Waals surface area contributed by atoms with Crippen molar-refractivity contribution >= 4 is 23.2 Å². The van der Waals surface area contributed by atoms with Gasteiger partial charge < -0.3 is 0 Å². The van der Waals surface area contributed by atoms with Gasteiger partial charge in [0.1, 0.15) is 5.01 Å². The molecular formula is C15H11N3O2S. The third-order valence-electron chi connectivity index (χ3n) is 3.29. The monoisotopic (exact) mass is 297 g/mol. The molecule has 5 nitrogen and oxygen atoms in total. The quantitative estimate of drug-likeness (QED) is 0.809. The Hall–Kier alpha value is -2.52. The minimum atomic E-state index is -0.239. The molecule has 6 heteroatoms. The lowest BCUT2D eigenvalue weighted by molar-refractivity contribution is 0.0656. The van der Waals surface area contributed by atoms with Crippen LogP contribution < -0.4 is 0 Å². The van der Waals surface area contributed by atoms with Crippen molar-refractivity contribution in [2.45, 2.75) is 12.8 Å². The topological polar surface area (TPSA) is 74.1 Å². The largest absolute Gasteiger partial charge is 0.274 e. The average Bonchev–Trinajstić information content (AvgIpc) is 3.03. The van der Waals surface area contributed by atoms with Gasteiger partial charge in [-0.25, -0.2) is 4.98 Å². The average molecular weight is 297 g/mol. The van der Waals surface area contributed by atoms with Crippen LogP contribution in [0, 0.1) is 11.3 Å². The molecule has 2 heterocycles. The van der Waals surface area contributed by atoms with Crippen LogP contribution in [-0.4, -0.2) is 28.2 Å². The molecule has 0 radical (unpaired) electrons. The number of amides is 2. The summed E-state index contributed by atoms with van der Waals surface area (Å²) in [6, 6.07) is 8.91. The zero-order chi connectivity index (χ0) is 14.8. The minimum absolute atomic E-state index is 0.239. The molecule has 0 aliphatic carbocycles. The van der Waals surface area contributed by atoms with Crippen molar-refractivity contribution in [3.63, 3.8) is 0 Å². The van der Waals surface area contributed by atoms with E-state index in [9.17, 15) is 9.59 Å². The summed E-state index contributed by atoms with van der Waals surface area (Å²) in [7, 11) is 0. The van der Waals surface area contributed by atoms with Crippen LogP contribution in [-0.2, 0) is 12.8 Å². The van der Waals surface area contributed by atoms with Gasteiger partial charge in [0.25, 0.3) is 11.8 Å². The Bertz CT molecular complexity index is 725. The first-order chi connectivity index (χ1) is 10.2. The number of carbonyl (C=O) groups is 2. The van der Waals surface area contributed by atoms with Crippen LogP contribution in [0.5, 0.6) is 0 Å². The predicted octanol–water partition coefficient (Wildman–Crippen LogP) is 2.05. The van der Waals surface area contributed by atoms with Crippen molar-refractivity contribution in [1.29, 1.82) is 5.26 Å². The Kier molecular flexibility index (Phi) is 3.50. The number of nitriles is 1. The Morgan fingerprint density at radius 2 is 1.86 bits per heavy atom. The zero-order valence-electron chi connectivity index (χ0n) is 11.1. The minimum Gasteiger partial charge on any atom is -0.274 e. The maximum absolute atomic E-state index is 12.2. The molecule has 104 valence electrons. The highest BCUT2D eigenvalue weighted by Crippen LogP contribution is 2.23. The van der Waals surface area contributed by atoms with Crippen molar-refractivity contribution in [2.24, 2.45) is 0 Å². The summed E-state index contributed by atoms with van der Waals surface area (Å²) in [6.45, 7) is 0.334. The number of benzene rings is 1.